The van der Waals surface area contributed by atoms with Crippen LogP contribution in [0, 0.1) is 0 Å². The number of ether oxygens (including phenoxy) is 2. The Balaban J connectivity index is 1.26. The van der Waals surface area contributed by atoms with Gasteiger partial charge >= 0.3 is 0 Å². The van der Waals surface area contributed by atoms with Crippen molar-refractivity contribution in [2.45, 2.75) is 13.0 Å². The van der Waals surface area contributed by atoms with Crippen LogP contribution in [0.5, 0.6) is 11.5 Å². The molecule has 0 saturated carbocycles. The second-order valence-corrected chi connectivity index (χ2v) is 6.71. The zero-order valence-electron chi connectivity index (χ0n) is 15.3. The standard InChI is InChI=1S/C19H23N5O3/c1-14(15-3-4-16-17(11-15)27-13-26-16)22-18(25)12-23-7-9-24(10-8-23)19-20-5-2-6-21-19/h2-6,11,14H,7-10,12-13H2,1H3,(H,22,25)/t14-/m1/s1. The van der Waals surface area contributed by atoms with Crippen molar-refractivity contribution in [2.24, 2.45) is 0 Å². The molecule has 1 amide bonds. The Bertz CT molecular complexity index is 793. The molecule has 2 aliphatic rings. The zero-order valence-corrected chi connectivity index (χ0v) is 15.3. The van der Waals surface area contributed by atoms with E-state index in [1.807, 2.05) is 31.2 Å². The van der Waals surface area contributed by atoms with Crippen LogP contribution in [0.1, 0.15) is 18.5 Å². The molecule has 8 heteroatoms. The topological polar surface area (TPSA) is 79.8 Å². The lowest BCUT2D eigenvalue weighted by Gasteiger charge is -2.34. The summed E-state index contributed by atoms with van der Waals surface area (Å²) in [4.78, 5) is 25.3. The molecule has 1 N–H and O–H groups in total. The fourth-order valence-corrected chi connectivity index (χ4v) is 3.32. The van der Waals surface area contributed by atoms with Crippen molar-refractivity contribution in [2.75, 3.05) is 44.4 Å². The van der Waals surface area contributed by atoms with E-state index in [-0.39, 0.29) is 18.7 Å². The summed E-state index contributed by atoms with van der Waals surface area (Å²) in [6, 6.07) is 7.48. The summed E-state index contributed by atoms with van der Waals surface area (Å²) in [6.07, 6.45) is 3.50. The highest BCUT2D eigenvalue weighted by Gasteiger charge is 2.22. The second kappa shape index (κ2) is 7.79. The van der Waals surface area contributed by atoms with Crippen LogP contribution >= 0.6 is 0 Å². The fourth-order valence-electron chi connectivity index (χ4n) is 3.32. The van der Waals surface area contributed by atoms with Crippen LogP contribution in [0.2, 0.25) is 0 Å². The van der Waals surface area contributed by atoms with E-state index >= 15 is 0 Å². The Hall–Kier alpha value is -2.87. The largest absolute Gasteiger partial charge is 0.454 e. The van der Waals surface area contributed by atoms with Gasteiger partial charge in [0, 0.05) is 38.6 Å². The Morgan fingerprint density at radius 3 is 2.67 bits per heavy atom. The van der Waals surface area contributed by atoms with Crippen molar-refractivity contribution < 1.29 is 14.3 Å². The number of benzene rings is 1. The summed E-state index contributed by atoms with van der Waals surface area (Å²) >= 11 is 0. The molecule has 1 saturated heterocycles. The van der Waals surface area contributed by atoms with Gasteiger partial charge in [0.15, 0.2) is 11.5 Å². The third kappa shape index (κ3) is 4.11. The average Bonchev–Trinajstić information content (AvgIpc) is 3.17. The average molecular weight is 369 g/mol. The summed E-state index contributed by atoms with van der Waals surface area (Å²) in [5, 5.41) is 3.06. The molecule has 0 aliphatic carbocycles. The minimum Gasteiger partial charge on any atom is -0.454 e. The zero-order chi connectivity index (χ0) is 18.6. The minimum atomic E-state index is -0.0917. The number of anilines is 1. The maximum atomic E-state index is 12.4. The van der Waals surface area contributed by atoms with E-state index in [0.29, 0.717) is 6.54 Å². The molecule has 0 spiro atoms. The molecule has 0 radical (unpaired) electrons. The molecule has 27 heavy (non-hydrogen) atoms. The van der Waals surface area contributed by atoms with Gasteiger partial charge in [0.05, 0.1) is 12.6 Å². The molecule has 0 bridgehead atoms. The third-order valence-electron chi connectivity index (χ3n) is 4.85. The van der Waals surface area contributed by atoms with Crippen LogP contribution < -0.4 is 19.7 Å². The highest BCUT2D eigenvalue weighted by molar-refractivity contribution is 5.78. The molecular weight excluding hydrogens is 346 g/mol. The number of aromatic nitrogens is 2. The van der Waals surface area contributed by atoms with Gasteiger partial charge in [0.25, 0.3) is 0 Å². The third-order valence-corrected chi connectivity index (χ3v) is 4.85. The van der Waals surface area contributed by atoms with Gasteiger partial charge in [-0.15, -0.1) is 0 Å². The highest BCUT2D eigenvalue weighted by atomic mass is 16.7. The molecule has 142 valence electrons. The van der Waals surface area contributed by atoms with Crippen LogP contribution in [0.25, 0.3) is 0 Å². The number of carbonyl (C=O) groups is 1. The monoisotopic (exact) mass is 369 g/mol. The van der Waals surface area contributed by atoms with Gasteiger partial charge in [0.1, 0.15) is 0 Å². The van der Waals surface area contributed by atoms with Crippen molar-refractivity contribution in [3.63, 3.8) is 0 Å². The lowest BCUT2D eigenvalue weighted by Crippen LogP contribution is -2.50. The number of piperazine rings is 1. The molecule has 8 nitrogen and oxygen atoms in total. The number of hydrogen-bond donors (Lipinski definition) is 1. The van der Waals surface area contributed by atoms with E-state index in [0.717, 1.165) is 49.2 Å². The first-order chi connectivity index (χ1) is 13.2. The molecule has 1 atom stereocenters. The SMILES string of the molecule is C[C@@H](NC(=O)CN1CCN(c2ncccn2)CC1)c1ccc2c(c1)OCO2. The van der Waals surface area contributed by atoms with Gasteiger partial charge in [-0.1, -0.05) is 6.07 Å². The summed E-state index contributed by atoms with van der Waals surface area (Å²) in [5.41, 5.74) is 0.999. The van der Waals surface area contributed by atoms with Gasteiger partial charge in [-0.3, -0.25) is 9.69 Å². The Morgan fingerprint density at radius 1 is 1.15 bits per heavy atom. The van der Waals surface area contributed by atoms with Crippen molar-refractivity contribution in [1.29, 1.82) is 0 Å². The van der Waals surface area contributed by atoms with E-state index in [4.69, 9.17) is 9.47 Å². The number of nitrogens with zero attached hydrogens (tertiary/aromatic N) is 4. The van der Waals surface area contributed by atoms with Crippen LogP contribution in [0.3, 0.4) is 0 Å². The van der Waals surface area contributed by atoms with Crippen LogP contribution in [0.4, 0.5) is 5.95 Å². The first-order valence-electron chi connectivity index (χ1n) is 9.12. The van der Waals surface area contributed by atoms with Crippen LogP contribution in [-0.4, -0.2) is 60.3 Å². The van der Waals surface area contributed by atoms with Gasteiger partial charge in [-0.25, -0.2) is 9.97 Å². The molecule has 4 rings (SSSR count). The number of carbonyl (C=O) groups excluding carboxylic acids is 1. The normalized spacial score (nSPS) is 17.6. The van der Waals surface area contributed by atoms with Crippen LogP contribution in [0.15, 0.2) is 36.7 Å². The summed E-state index contributed by atoms with van der Waals surface area (Å²) in [6.45, 7) is 5.86. The molecule has 3 heterocycles. The van der Waals surface area contributed by atoms with Crippen molar-refractivity contribution >= 4 is 11.9 Å². The van der Waals surface area contributed by atoms with Crippen molar-refractivity contribution in [3.05, 3.63) is 42.2 Å². The number of hydrogen-bond acceptors (Lipinski definition) is 7. The molecule has 2 aromatic rings. The predicted octanol–water partition coefficient (Wildman–Crippen LogP) is 1.20. The summed E-state index contributed by atoms with van der Waals surface area (Å²) < 4.78 is 10.7. The smallest absolute Gasteiger partial charge is 0.234 e. The van der Waals surface area contributed by atoms with Crippen LogP contribution in [-0.2, 0) is 4.79 Å². The van der Waals surface area contributed by atoms with Gasteiger partial charge in [-0.05, 0) is 30.7 Å². The Labute approximate surface area is 158 Å². The number of amides is 1. The molecule has 1 aromatic carbocycles. The lowest BCUT2D eigenvalue weighted by molar-refractivity contribution is -0.123. The molecule has 1 fully saturated rings. The lowest BCUT2D eigenvalue weighted by atomic mass is 10.1. The van der Waals surface area contributed by atoms with E-state index < -0.39 is 0 Å². The quantitative estimate of drug-likeness (QED) is 0.848. The van der Waals surface area contributed by atoms with Gasteiger partial charge in [-0.2, -0.15) is 0 Å². The van der Waals surface area contributed by atoms with Crippen molar-refractivity contribution in [3.8, 4) is 11.5 Å². The van der Waals surface area contributed by atoms with Gasteiger partial charge in [0.2, 0.25) is 18.6 Å². The second-order valence-electron chi connectivity index (χ2n) is 6.71. The van der Waals surface area contributed by atoms with E-state index in [9.17, 15) is 4.79 Å². The molecule has 0 unspecified atom stereocenters. The molecule has 2 aliphatic heterocycles. The maximum absolute atomic E-state index is 12.4. The van der Waals surface area contributed by atoms with Gasteiger partial charge < -0.3 is 19.7 Å². The number of rotatable bonds is 5. The van der Waals surface area contributed by atoms with E-state index in [1.54, 1.807) is 12.4 Å². The number of nitrogens with one attached hydrogen (secondary N) is 1. The molecular formula is C19H23N5O3. The van der Waals surface area contributed by atoms with E-state index in [1.165, 1.54) is 0 Å². The minimum absolute atomic E-state index is 0.0181. The fraction of sp³-hybridized carbons (Fsp3) is 0.421. The summed E-state index contributed by atoms with van der Waals surface area (Å²) in [7, 11) is 0. The summed E-state index contributed by atoms with van der Waals surface area (Å²) in [5.74, 6) is 2.24. The van der Waals surface area contributed by atoms with Crippen molar-refractivity contribution in [1.82, 2.24) is 20.2 Å². The first kappa shape index (κ1) is 17.5. The highest BCUT2D eigenvalue weighted by Crippen LogP contribution is 2.34. The Kier molecular flexibility index (Phi) is 5.06. The predicted molar refractivity (Wildman–Crippen MR) is 99.8 cm³/mol. The molecule has 1 aromatic heterocycles. The Morgan fingerprint density at radius 2 is 1.89 bits per heavy atom. The maximum Gasteiger partial charge on any atom is 0.234 e. The number of fused-ring (bicyclic) bond motifs is 1. The first-order valence-corrected chi connectivity index (χ1v) is 9.12. The van der Waals surface area contributed by atoms with E-state index in [2.05, 4.69) is 25.1 Å².